The predicted molar refractivity (Wildman–Crippen MR) is 96.5 cm³/mol. The Balaban J connectivity index is 1.76. The number of carbonyl (C=O) groups excluding carboxylic acids is 1. The van der Waals surface area contributed by atoms with Gasteiger partial charge in [0.15, 0.2) is 0 Å². The smallest absolute Gasteiger partial charge is 0.270 e. The molecule has 1 heterocycles. The standard InChI is InChI=1S/C17H13BrN4O3/c18-14-6-4-12(5-7-14)11-21-16(8-9-19-21)20-17(23)13-2-1-3-15(10-13)22(24)25/h1-10H,11H2,(H,20,23). The van der Waals surface area contributed by atoms with E-state index in [1.807, 2.05) is 24.3 Å². The maximum absolute atomic E-state index is 12.4. The van der Waals surface area contributed by atoms with Gasteiger partial charge < -0.3 is 5.32 Å². The van der Waals surface area contributed by atoms with Crippen molar-refractivity contribution in [2.75, 3.05) is 5.32 Å². The molecule has 3 rings (SSSR count). The van der Waals surface area contributed by atoms with E-state index in [0.717, 1.165) is 10.0 Å². The van der Waals surface area contributed by atoms with E-state index in [9.17, 15) is 14.9 Å². The quantitative estimate of drug-likeness (QED) is 0.519. The number of hydrogen-bond acceptors (Lipinski definition) is 4. The number of aromatic nitrogens is 2. The number of nitrogens with zero attached hydrogens (tertiary/aromatic N) is 3. The van der Waals surface area contributed by atoms with Crippen LogP contribution in [0.4, 0.5) is 11.5 Å². The van der Waals surface area contributed by atoms with E-state index < -0.39 is 10.8 Å². The van der Waals surface area contributed by atoms with E-state index in [4.69, 9.17) is 0 Å². The molecule has 2 aromatic carbocycles. The molecule has 0 aliphatic carbocycles. The van der Waals surface area contributed by atoms with Gasteiger partial charge in [0.05, 0.1) is 17.7 Å². The number of hydrogen-bond donors (Lipinski definition) is 1. The third kappa shape index (κ3) is 4.10. The zero-order valence-corrected chi connectivity index (χ0v) is 14.5. The maximum Gasteiger partial charge on any atom is 0.270 e. The zero-order valence-electron chi connectivity index (χ0n) is 12.9. The number of amides is 1. The van der Waals surface area contributed by atoms with Crippen molar-refractivity contribution in [3.05, 3.63) is 86.5 Å². The van der Waals surface area contributed by atoms with Crippen molar-refractivity contribution in [3.8, 4) is 0 Å². The Morgan fingerprint density at radius 1 is 1.20 bits per heavy atom. The van der Waals surface area contributed by atoms with Crippen molar-refractivity contribution in [1.29, 1.82) is 0 Å². The fraction of sp³-hybridized carbons (Fsp3) is 0.0588. The molecule has 0 radical (unpaired) electrons. The highest BCUT2D eigenvalue weighted by Gasteiger charge is 2.13. The number of anilines is 1. The van der Waals surface area contributed by atoms with Gasteiger partial charge in [-0.05, 0) is 23.8 Å². The number of nitro benzene ring substituents is 1. The van der Waals surface area contributed by atoms with Crippen LogP contribution in [0.2, 0.25) is 0 Å². The van der Waals surface area contributed by atoms with E-state index in [1.54, 1.807) is 16.9 Å². The lowest BCUT2D eigenvalue weighted by molar-refractivity contribution is -0.384. The number of rotatable bonds is 5. The summed E-state index contributed by atoms with van der Waals surface area (Å²) in [4.78, 5) is 22.7. The van der Waals surface area contributed by atoms with E-state index in [0.29, 0.717) is 12.4 Å². The molecule has 1 amide bonds. The Morgan fingerprint density at radius 2 is 1.96 bits per heavy atom. The Morgan fingerprint density at radius 3 is 2.68 bits per heavy atom. The van der Waals surface area contributed by atoms with Crippen LogP contribution in [-0.2, 0) is 6.54 Å². The summed E-state index contributed by atoms with van der Waals surface area (Å²) >= 11 is 3.39. The van der Waals surface area contributed by atoms with Crippen LogP contribution < -0.4 is 5.32 Å². The minimum absolute atomic E-state index is 0.129. The van der Waals surface area contributed by atoms with Crippen LogP contribution in [0.5, 0.6) is 0 Å². The molecule has 0 spiro atoms. The molecular formula is C17H13BrN4O3. The molecule has 3 aromatic rings. The van der Waals surface area contributed by atoms with E-state index in [1.165, 1.54) is 24.3 Å². The molecule has 126 valence electrons. The largest absolute Gasteiger partial charge is 0.307 e. The second kappa shape index (κ2) is 7.27. The molecule has 0 aliphatic rings. The molecule has 0 atom stereocenters. The summed E-state index contributed by atoms with van der Waals surface area (Å²) in [6.07, 6.45) is 1.59. The van der Waals surface area contributed by atoms with Gasteiger partial charge in [-0.2, -0.15) is 5.10 Å². The van der Waals surface area contributed by atoms with Crippen molar-refractivity contribution in [2.45, 2.75) is 6.54 Å². The summed E-state index contributed by atoms with van der Waals surface area (Å²) < 4.78 is 2.63. The fourth-order valence-corrected chi connectivity index (χ4v) is 2.54. The predicted octanol–water partition coefficient (Wildman–Crippen LogP) is 3.85. The van der Waals surface area contributed by atoms with Gasteiger partial charge in [-0.25, -0.2) is 4.68 Å². The first-order valence-electron chi connectivity index (χ1n) is 7.35. The Labute approximate surface area is 151 Å². The van der Waals surface area contributed by atoms with E-state index in [-0.39, 0.29) is 11.3 Å². The number of nitro groups is 1. The van der Waals surface area contributed by atoms with Gasteiger partial charge in [-0.3, -0.25) is 14.9 Å². The first-order valence-corrected chi connectivity index (χ1v) is 8.14. The summed E-state index contributed by atoms with van der Waals surface area (Å²) in [7, 11) is 0. The first-order chi connectivity index (χ1) is 12.0. The van der Waals surface area contributed by atoms with Gasteiger partial charge in [0, 0.05) is 28.2 Å². The van der Waals surface area contributed by atoms with Crippen molar-refractivity contribution in [1.82, 2.24) is 9.78 Å². The normalized spacial score (nSPS) is 10.4. The van der Waals surface area contributed by atoms with Crippen molar-refractivity contribution >= 4 is 33.3 Å². The van der Waals surface area contributed by atoms with Crippen LogP contribution >= 0.6 is 15.9 Å². The molecule has 0 unspecified atom stereocenters. The lowest BCUT2D eigenvalue weighted by Crippen LogP contribution is -2.16. The minimum Gasteiger partial charge on any atom is -0.307 e. The maximum atomic E-state index is 12.4. The molecule has 1 aromatic heterocycles. The molecule has 1 N–H and O–H groups in total. The monoisotopic (exact) mass is 400 g/mol. The van der Waals surface area contributed by atoms with E-state index >= 15 is 0 Å². The van der Waals surface area contributed by atoms with Gasteiger partial charge in [0.1, 0.15) is 5.82 Å². The van der Waals surface area contributed by atoms with E-state index in [2.05, 4.69) is 26.3 Å². The van der Waals surface area contributed by atoms with Crippen molar-refractivity contribution in [2.24, 2.45) is 0 Å². The van der Waals surface area contributed by atoms with Gasteiger partial charge in [-0.15, -0.1) is 0 Å². The lowest BCUT2D eigenvalue weighted by Gasteiger charge is -2.09. The molecule has 0 aliphatic heterocycles. The first kappa shape index (κ1) is 16.8. The second-order valence-electron chi connectivity index (χ2n) is 5.26. The summed E-state index contributed by atoms with van der Waals surface area (Å²) in [6, 6.07) is 15.0. The fourth-order valence-electron chi connectivity index (χ4n) is 2.28. The Bertz CT molecular complexity index is 922. The summed E-state index contributed by atoms with van der Waals surface area (Å²) in [5.74, 6) is 0.0840. The third-order valence-corrected chi connectivity index (χ3v) is 4.05. The number of non-ortho nitro benzene ring substituents is 1. The number of nitrogens with one attached hydrogen (secondary N) is 1. The Hall–Kier alpha value is -3.00. The van der Waals surface area contributed by atoms with Crippen LogP contribution in [0.25, 0.3) is 0 Å². The average molecular weight is 401 g/mol. The van der Waals surface area contributed by atoms with Gasteiger partial charge in [0.2, 0.25) is 0 Å². The number of halogens is 1. The van der Waals surface area contributed by atoms with Crippen LogP contribution in [-0.4, -0.2) is 20.6 Å². The molecule has 0 bridgehead atoms. The molecule has 25 heavy (non-hydrogen) atoms. The van der Waals surface area contributed by atoms with Gasteiger partial charge in [-0.1, -0.05) is 34.1 Å². The Kier molecular flexibility index (Phi) is 4.90. The van der Waals surface area contributed by atoms with Crippen LogP contribution in [0.15, 0.2) is 65.3 Å². The van der Waals surface area contributed by atoms with Crippen LogP contribution in [0, 0.1) is 10.1 Å². The van der Waals surface area contributed by atoms with Gasteiger partial charge >= 0.3 is 0 Å². The van der Waals surface area contributed by atoms with Crippen LogP contribution in [0.1, 0.15) is 15.9 Å². The van der Waals surface area contributed by atoms with Crippen molar-refractivity contribution < 1.29 is 9.72 Å². The molecule has 0 fully saturated rings. The number of benzene rings is 2. The van der Waals surface area contributed by atoms with Gasteiger partial charge in [0.25, 0.3) is 11.6 Å². The lowest BCUT2D eigenvalue weighted by atomic mass is 10.2. The minimum atomic E-state index is -0.533. The topological polar surface area (TPSA) is 90.1 Å². The number of carbonyl (C=O) groups is 1. The SMILES string of the molecule is O=C(Nc1ccnn1Cc1ccc(Br)cc1)c1cccc([N+](=O)[O-])c1. The zero-order chi connectivity index (χ0) is 17.8. The highest BCUT2D eigenvalue weighted by atomic mass is 79.9. The van der Waals surface area contributed by atoms with Crippen LogP contribution in [0.3, 0.4) is 0 Å². The van der Waals surface area contributed by atoms with Crippen molar-refractivity contribution in [3.63, 3.8) is 0 Å². The third-order valence-electron chi connectivity index (χ3n) is 3.52. The molecule has 0 saturated heterocycles. The molecular weight excluding hydrogens is 388 g/mol. The average Bonchev–Trinajstić information content (AvgIpc) is 3.03. The molecule has 8 heteroatoms. The highest BCUT2D eigenvalue weighted by molar-refractivity contribution is 9.10. The summed E-state index contributed by atoms with van der Waals surface area (Å²) in [6.45, 7) is 0.491. The summed E-state index contributed by atoms with van der Waals surface area (Å²) in [5, 5.41) is 17.8. The molecule has 0 saturated carbocycles. The highest BCUT2D eigenvalue weighted by Crippen LogP contribution is 2.17. The second-order valence-corrected chi connectivity index (χ2v) is 6.18. The summed E-state index contributed by atoms with van der Waals surface area (Å²) in [5.41, 5.74) is 1.11. The molecule has 7 nitrogen and oxygen atoms in total.